The zero-order chi connectivity index (χ0) is 25.8. The molecule has 10 nitrogen and oxygen atoms in total. The highest BCUT2D eigenvalue weighted by molar-refractivity contribution is 5.74. The molecule has 1 aliphatic rings. The van der Waals surface area contributed by atoms with E-state index in [-0.39, 0.29) is 25.3 Å². The highest BCUT2D eigenvalue weighted by atomic mass is 16.6. The zero-order valence-corrected chi connectivity index (χ0v) is 21.0. The van der Waals surface area contributed by atoms with Crippen LogP contribution in [0.1, 0.15) is 47.1 Å². The van der Waals surface area contributed by atoms with Gasteiger partial charge in [0.1, 0.15) is 24.4 Å². The predicted molar refractivity (Wildman–Crippen MR) is 126 cm³/mol. The molecule has 1 N–H and O–H groups in total. The molecule has 0 saturated carbocycles. The first-order valence-corrected chi connectivity index (χ1v) is 11.1. The van der Waals surface area contributed by atoms with Crippen molar-refractivity contribution in [2.45, 2.75) is 59.4 Å². The summed E-state index contributed by atoms with van der Waals surface area (Å²) in [6.45, 7) is 13.0. The lowest BCUT2D eigenvalue weighted by Gasteiger charge is -2.36. The highest BCUT2D eigenvalue weighted by Crippen LogP contribution is 2.14. The zero-order valence-electron chi connectivity index (χ0n) is 21.0. The standard InChI is InChI=1S/C14H26N2O4.C10H11NO3/c1-13(2,3)19-11(17)15-7-9-16(10-8-15)12(18)20-14(4,5)6;12-8-11-6-10(13)14-7-9-4-2-1-3-5-9/h7-10H2,1-6H3;1-5,8H,6-7H2,(H,11,12). The predicted octanol–water partition coefficient (Wildman–Crippen LogP) is 2.95. The monoisotopic (exact) mass is 479 g/mol. The van der Waals surface area contributed by atoms with Crippen molar-refractivity contribution in [2.75, 3.05) is 32.7 Å². The molecule has 10 heteroatoms. The number of rotatable bonds is 5. The van der Waals surface area contributed by atoms with Crippen molar-refractivity contribution >= 4 is 24.6 Å². The molecule has 0 aliphatic carbocycles. The number of carbonyl (C=O) groups excluding carboxylic acids is 4. The lowest BCUT2D eigenvalue weighted by Crippen LogP contribution is -2.52. The smallest absolute Gasteiger partial charge is 0.410 e. The molecule has 2 rings (SSSR count). The molecule has 1 aromatic carbocycles. The summed E-state index contributed by atoms with van der Waals surface area (Å²) < 4.78 is 15.5. The summed E-state index contributed by atoms with van der Waals surface area (Å²) in [5.74, 6) is -0.444. The minimum absolute atomic E-state index is 0.0870. The topological polar surface area (TPSA) is 114 Å². The van der Waals surface area contributed by atoms with Gasteiger partial charge in [-0.1, -0.05) is 30.3 Å². The van der Waals surface area contributed by atoms with E-state index >= 15 is 0 Å². The van der Waals surface area contributed by atoms with Crippen molar-refractivity contribution < 1.29 is 33.4 Å². The third-order valence-electron chi connectivity index (χ3n) is 4.16. The average Bonchev–Trinajstić information content (AvgIpc) is 2.75. The maximum absolute atomic E-state index is 11.9. The van der Waals surface area contributed by atoms with Gasteiger partial charge in [-0.3, -0.25) is 9.59 Å². The molecule has 0 aromatic heterocycles. The van der Waals surface area contributed by atoms with Gasteiger partial charge in [-0.05, 0) is 47.1 Å². The first kappa shape index (κ1) is 28.7. The Hall–Kier alpha value is -3.30. The number of hydrogen-bond donors (Lipinski definition) is 1. The molecule has 1 heterocycles. The summed E-state index contributed by atoms with van der Waals surface area (Å²) in [4.78, 5) is 47.8. The molecule has 190 valence electrons. The summed E-state index contributed by atoms with van der Waals surface area (Å²) in [5, 5.41) is 2.23. The fourth-order valence-corrected chi connectivity index (χ4v) is 2.64. The summed E-state index contributed by atoms with van der Waals surface area (Å²) in [7, 11) is 0. The van der Waals surface area contributed by atoms with Gasteiger partial charge < -0.3 is 29.3 Å². The lowest BCUT2D eigenvalue weighted by molar-refractivity contribution is -0.144. The number of amides is 3. The molecule has 1 saturated heterocycles. The minimum Gasteiger partial charge on any atom is -0.460 e. The van der Waals surface area contributed by atoms with Crippen LogP contribution in [0.3, 0.4) is 0 Å². The van der Waals surface area contributed by atoms with E-state index in [1.165, 1.54) is 0 Å². The Morgan fingerprint density at radius 1 is 0.853 bits per heavy atom. The van der Waals surface area contributed by atoms with Crippen LogP contribution < -0.4 is 5.32 Å². The number of hydrogen-bond acceptors (Lipinski definition) is 7. The fraction of sp³-hybridized carbons (Fsp3) is 0.583. The third-order valence-corrected chi connectivity index (χ3v) is 4.16. The number of benzene rings is 1. The van der Waals surface area contributed by atoms with E-state index in [2.05, 4.69) is 5.32 Å². The Balaban J connectivity index is 0.000000362. The summed E-state index contributed by atoms with van der Waals surface area (Å²) in [6, 6.07) is 9.35. The van der Waals surface area contributed by atoms with E-state index in [1.807, 2.05) is 71.9 Å². The molecule has 0 bridgehead atoms. The number of carbonyl (C=O) groups is 4. The first-order chi connectivity index (χ1) is 15.8. The second-order valence-electron chi connectivity index (χ2n) is 9.58. The van der Waals surface area contributed by atoms with E-state index in [9.17, 15) is 19.2 Å². The Morgan fingerprint density at radius 3 is 1.68 bits per heavy atom. The van der Waals surface area contributed by atoms with Gasteiger partial charge in [0.2, 0.25) is 6.41 Å². The van der Waals surface area contributed by atoms with Crippen LogP contribution in [-0.4, -0.2) is 78.3 Å². The van der Waals surface area contributed by atoms with Gasteiger partial charge in [0.15, 0.2) is 0 Å². The largest absolute Gasteiger partial charge is 0.460 e. The summed E-state index contributed by atoms with van der Waals surface area (Å²) >= 11 is 0. The Kier molecular flexibility index (Phi) is 11.3. The fourth-order valence-electron chi connectivity index (χ4n) is 2.64. The third kappa shape index (κ3) is 12.7. The second-order valence-corrected chi connectivity index (χ2v) is 9.58. The maximum atomic E-state index is 11.9. The maximum Gasteiger partial charge on any atom is 0.410 e. The van der Waals surface area contributed by atoms with E-state index in [4.69, 9.17) is 14.2 Å². The van der Waals surface area contributed by atoms with Crippen LogP contribution in [0.15, 0.2) is 30.3 Å². The molecule has 0 atom stereocenters. The van der Waals surface area contributed by atoms with Gasteiger partial charge in [-0.25, -0.2) is 9.59 Å². The average molecular weight is 480 g/mol. The van der Waals surface area contributed by atoms with Crippen LogP contribution in [0.5, 0.6) is 0 Å². The molecule has 0 radical (unpaired) electrons. The van der Waals surface area contributed by atoms with Crippen LogP contribution >= 0.6 is 0 Å². The van der Waals surface area contributed by atoms with Crippen molar-refractivity contribution in [2.24, 2.45) is 0 Å². The van der Waals surface area contributed by atoms with Crippen molar-refractivity contribution in [1.29, 1.82) is 0 Å². The Morgan fingerprint density at radius 2 is 1.29 bits per heavy atom. The van der Waals surface area contributed by atoms with Crippen LogP contribution in [-0.2, 0) is 30.4 Å². The van der Waals surface area contributed by atoms with E-state index in [1.54, 1.807) is 9.80 Å². The normalized spacial score (nSPS) is 13.7. The highest BCUT2D eigenvalue weighted by Gasteiger charge is 2.29. The van der Waals surface area contributed by atoms with Crippen LogP contribution in [0.4, 0.5) is 9.59 Å². The number of ether oxygens (including phenoxy) is 3. The number of nitrogens with zero attached hydrogens (tertiary/aromatic N) is 2. The van der Waals surface area contributed by atoms with Crippen molar-refractivity contribution in [3.8, 4) is 0 Å². The van der Waals surface area contributed by atoms with Gasteiger partial charge in [-0.2, -0.15) is 0 Å². The molecule has 0 spiro atoms. The minimum atomic E-state index is -0.501. The van der Waals surface area contributed by atoms with Gasteiger partial charge >= 0.3 is 18.2 Å². The molecular formula is C24H37N3O7. The Labute approximate surface area is 201 Å². The van der Waals surface area contributed by atoms with E-state index in [0.29, 0.717) is 32.6 Å². The molecule has 3 amide bonds. The number of nitrogens with one attached hydrogen (secondary N) is 1. The van der Waals surface area contributed by atoms with E-state index in [0.717, 1.165) is 5.56 Å². The summed E-state index contributed by atoms with van der Waals surface area (Å²) in [6.07, 6.45) is -0.202. The molecule has 1 fully saturated rings. The molecule has 1 aromatic rings. The van der Waals surface area contributed by atoms with Crippen LogP contribution in [0, 0.1) is 0 Å². The van der Waals surface area contributed by atoms with Crippen LogP contribution in [0.25, 0.3) is 0 Å². The molecule has 34 heavy (non-hydrogen) atoms. The van der Waals surface area contributed by atoms with Gasteiger partial charge in [0.25, 0.3) is 0 Å². The Bertz CT molecular complexity index is 757. The quantitative estimate of drug-likeness (QED) is 0.392. The molecule has 0 unspecified atom stereocenters. The van der Waals surface area contributed by atoms with Crippen molar-refractivity contribution in [1.82, 2.24) is 15.1 Å². The number of piperazine rings is 1. The van der Waals surface area contributed by atoms with E-state index < -0.39 is 17.2 Å². The molecular weight excluding hydrogens is 442 g/mol. The van der Waals surface area contributed by atoms with Crippen molar-refractivity contribution in [3.05, 3.63) is 35.9 Å². The van der Waals surface area contributed by atoms with Gasteiger partial charge in [0.05, 0.1) is 0 Å². The van der Waals surface area contributed by atoms with Gasteiger partial charge in [0, 0.05) is 26.2 Å². The SMILES string of the molecule is CC(C)(C)OC(=O)N1CCN(C(=O)OC(C)(C)C)CC1.O=CNCC(=O)OCc1ccccc1. The van der Waals surface area contributed by atoms with Crippen molar-refractivity contribution in [3.63, 3.8) is 0 Å². The molecule has 1 aliphatic heterocycles. The second kappa shape index (κ2) is 13.4. The summed E-state index contributed by atoms with van der Waals surface area (Å²) in [5.41, 5.74) is -0.0781. The van der Waals surface area contributed by atoms with Crippen LogP contribution in [0.2, 0.25) is 0 Å². The first-order valence-electron chi connectivity index (χ1n) is 11.1. The number of esters is 1. The lowest BCUT2D eigenvalue weighted by atomic mass is 10.2. The van der Waals surface area contributed by atoms with Gasteiger partial charge in [-0.15, -0.1) is 0 Å².